The first-order chi connectivity index (χ1) is 11.0. The van der Waals surface area contributed by atoms with E-state index >= 15 is 0 Å². The van der Waals surface area contributed by atoms with E-state index in [2.05, 4.69) is 26.2 Å². The monoisotopic (exact) mass is 386 g/mol. The molecular formula is C18H15BrN2OS. The number of amides is 1. The predicted molar refractivity (Wildman–Crippen MR) is 101 cm³/mol. The molecule has 1 heterocycles. The lowest BCUT2D eigenvalue weighted by Crippen LogP contribution is -2.19. The van der Waals surface area contributed by atoms with Gasteiger partial charge in [-0.05, 0) is 60.5 Å². The number of amidine groups is 1. The van der Waals surface area contributed by atoms with Crippen molar-refractivity contribution in [2.45, 2.75) is 13.8 Å². The number of rotatable bonds is 2. The second-order valence-electron chi connectivity index (χ2n) is 5.27. The Morgan fingerprint density at radius 1 is 1.09 bits per heavy atom. The van der Waals surface area contributed by atoms with Crippen LogP contribution in [0.5, 0.6) is 0 Å². The highest BCUT2D eigenvalue weighted by atomic mass is 79.9. The van der Waals surface area contributed by atoms with E-state index in [9.17, 15) is 4.79 Å². The summed E-state index contributed by atoms with van der Waals surface area (Å²) in [4.78, 5) is 17.4. The molecule has 3 nitrogen and oxygen atoms in total. The third kappa shape index (κ3) is 3.74. The highest BCUT2D eigenvalue weighted by Gasteiger charge is 2.24. The Kier molecular flexibility index (Phi) is 4.68. The number of aryl methyl sites for hydroxylation is 2. The highest BCUT2D eigenvalue weighted by Crippen LogP contribution is 2.30. The number of para-hydroxylation sites is 1. The first-order valence-corrected chi connectivity index (χ1v) is 8.75. The summed E-state index contributed by atoms with van der Waals surface area (Å²) in [5, 5.41) is 3.46. The largest absolute Gasteiger partial charge is 0.300 e. The number of halogens is 1. The number of hydrogen-bond acceptors (Lipinski definition) is 3. The van der Waals surface area contributed by atoms with E-state index < -0.39 is 0 Å². The van der Waals surface area contributed by atoms with Crippen molar-refractivity contribution in [2.75, 3.05) is 0 Å². The molecule has 116 valence electrons. The number of nitrogens with zero attached hydrogens (tertiary/aromatic N) is 1. The van der Waals surface area contributed by atoms with Gasteiger partial charge in [-0.3, -0.25) is 4.79 Å². The van der Waals surface area contributed by atoms with Gasteiger partial charge in [0.25, 0.3) is 5.91 Å². The zero-order valence-corrected chi connectivity index (χ0v) is 15.2. The van der Waals surface area contributed by atoms with Crippen LogP contribution in [0.4, 0.5) is 5.69 Å². The van der Waals surface area contributed by atoms with Gasteiger partial charge in [-0.2, -0.15) is 0 Å². The van der Waals surface area contributed by atoms with Crippen LogP contribution >= 0.6 is 27.7 Å². The van der Waals surface area contributed by atoms with Gasteiger partial charge in [-0.15, -0.1) is 0 Å². The van der Waals surface area contributed by atoms with Crippen molar-refractivity contribution in [2.24, 2.45) is 4.99 Å². The van der Waals surface area contributed by atoms with E-state index in [4.69, 9.17) is 0 Å². The van der Waals surface area contributed by atoms with Gasteiger partial charge >= 0.3 is 0 Å². The van der Waals surface area contributed by atoms with E-state index in [-0.39, 0.29) is 5.91 Å². The zero-order chi connectivity index (χ0) is 16.4. The molecular weight excluding hydrogens is 372 g/mol. The van der Waals surface area contributed by atoms with Crippen LogP contribution in [0.2, 0.25) is 0 Å². The van der Waals surface area contributed by atoms with Crippen molar-refractivity contribution in [3.05, 3.63) is 68.5 Å². The smallest absolute Gasteiger partial charge is 0.264 e. The Hall–Kier alpha value is -1.85. The standard InChI is InChI=1S/C18H15BrN2OS/c1-11-4-3-5-12(2)16(11)20-18-21-17(22)15(23-18)10-13-6-8-14(19)9-7-13/h3-10H,1-2H3,(H,20,21,22)/b15-10+. The van der Waals surface area contributed by atoms with Gasteiger partial charge in [0.1, 0.15) is 0 Å². The molecule has 1 aliphatic heterocycles. The number of carbonyl (C=O) groups excluding carboxylic acids is 1. The van der Waals surface area contributed by atoms with E-state index in [1.807, 2.05) is 62.4 Å². The molecule has 1 amide bonds. The lowest BCUT2D eigenvalue weighted by molar-refractivity contribution is -0.115. The van der Waals surface area contributed by atoms with E-state index in [0.717, 1.165) is 26.9 Å². The van der Waals surface area contributed by atoms with Crippen LogP contribution in [0.15, 0.2) is 56.8 Å². The molecule has 2 aromatic rings. The van der Waals surface area contributed by atoms with Crippen molar-refractivity contribution < 1.29 is 4.79 Å². The van der Waals surface area contributed by atoms with Crippen LogP contribution in [-0.2, 0) is 4.79 Å². The number of carbonyl (C=O) groups is 1. The van der Waals surface area contributed by atoms with Gasteiger partial charge < -0.3 is 5.32 Å². The molecule has 1 fully saturated rings. The number of thioether (sulfide) groups is 1. The minimum atomic E-state index is -0.108. The maximum atomic E-state index is 12.1. The predicted octanol–water partition coefficient (Wildman–Crippen LogP) is 4.96. The normalized spacial score (nSPS) is 17.8. The summed E-state index contributed by atoms with van der Waals surface area (Å²) in [5.74, 6) is -0.108. The van der Waals surface area contributed by atoms with Gasteiger partial charge in [0, 0.05) is 4.47 Å². The van der Waals surface area contributed by atoms with E-state index in [1.165, 1.54) is 11.8 Å². The summed E-state index contributed by atoms with van der Waals surface area (Å²) in [7, 11) is 0. The zero-order valence-electron chi connectivity index (χ0n) is 12.8. The number of benzene rings is 2. The Morgan fingerprint density at radius 2 is 1.74 bits per heavy atom. The third-order valence-corrected chi connectivity index (χ3v) is 4.91. The molecule has 0 atom stereocenters. The molecule has 1 aliphatic rings. The maximum absolute atomic E-state index is 12.1. The Balaban J connectivity index is 1.88. The average molecular weight is 387 g/mol. The fraction of sp³-hybridized carbons (Fsp3) is 0.111. The van der Waals surface area contributed by atoms with Crippen molar-refractivity contribution in [1.29, 1.82) is 0 Å². The Bertz CT molecular complexity index is 805. The summed E-state index contributed by atoms with van der Waals surface area (Å²) in [6, 6.07) is 13.9. The van der Waals surface area contributed by atoms with Crippen molar-refractivity contribution in [3.8, 4) is 0 Å². The first-order valence-electron chi connectivity index (χ1n) is 7.14. The fourth-order valence-electron chi connectivity index (χ4n) is 2.27. The minimum absolute atomic E-state index is 0.108. The Morgan fingerprint density at radius 3 is 2.39 bits per heavy atom. The average Bonchev–Trinajstić information content (AvgIpc) is 2.85. The molecule has 0 bridgehead atoms. The highest BCUT2D eigenvalue weighted by molar-refractivity contribution is 9.10. The SMILES string of the molecule is Cc1cccc(C)c1N=C1NC(=O)/C(=C\c2ccc(Br)cc2)S1. The molecule has 2 aromatic carbocycles. The van der Waals surface area contributed by atoms with Crippen LogP contribution in [0, 0.1) is 13.8 Å². The van der Waals surface area contributed by atoms with Crippen molar-refractivity contribution in [1.82, 2.24) is 5.32 Å². The summed E-state index contributed by atoms with van der Waals surface area (Å²) >= 11 is 4.77. The van der Waals surface area contributed by atoms with Gasteiger partial charge in [0.2, 0.25) is 0 Å². The molecule has 0 saturated carbocycles. The maximum Gasteiger partial charge on any atom is 0.264 e. The third-order valence-electron chi connectivity index (χ3n) is 3.47. The molecule has 1 N–H and O–H groups in total. The van der Waals surface area contributed by atoms with Crippen molar-refractivity contribution in [3.63, 3.8) is 0 Å². The summed E-state index contributed by atoms with van der Waals surface area (Å²) in [6.45, 7) is 4.04. The van der Waals surface area contributed by atoms with Crippen LogP contribution in [0.25, 0.3) is 6.08 Å². The first kappa shape index (κ1) is 16.0. The van der Waals surface area contributed by atoms with Gasteiger partial charge in [0.15, 0.2) is 5.17 Å². The minimum Gasteiger partial charge on any atom is -0.300 e. The van der Waals surface area contributed by atoms with Gasteiger partial charge in [0.05, 0.1) is 10.6 Å². The Labute approximate surface area is 148 Å². The molecule has 23 heavy (non-hydrogen) atoms. The summed E-state index contributed by atoms with van der Waals surface area (Å²) in [6.07, 6.45) is 1.87. The molecule has 3 rings (SSSR count). The van der Waals surface area contributed by atoms with Crippen LogP contribution in [-0.4, -0.2) is 11.1 Å². The molecule has 0 aromatic heterocycles. The molecule has 0 unspecified atom stereocenters. The lowest BCUT2D eigenvalue weighted by atomic mass is 10.1. The molecule has 5 heteroatoms. The van der Waals surface area contributed by atoms with Gasteiger partial charge in [-0.1, -0.05) is 46.3 Å². The number of hydrogen-bond donors (Lipinski definition) is 1. The van der Waals surface area contributed by atoms with E-state index in [1.54, 1.807) is 0 Å². The molecule has 0 spiro atoms. The summed E-state index contributed by atoms with van der Waals surface area (Å²) < 4.78 is 1.01. The number of aliphatic imine (C=N–C) groups is 1. The second kappa shape index (κ2) is 6.72. The molecule has 1 saturated heterocycles. The fourth-order valence-corrected chi connectivity index (χ4v) is 3.37. The summed E-state index contributed by atoms with van der Waals surface area (Å²) in [5.41, 5.74) is 4.09. The lowest BCUT2D eigenvalue weighted by Gasteiger charge is -2.04. The number of nitrogens with one attached hydrogen (secondary N) is 1. The second-order valence-corrected chi connectivity index (χ2v) is 7.22. The van der Waals surface area contributed by atoms with Crippen molar-refractivity contribution >= 4 is 50.5 Å². The van der Waals surface area contributed by atoms with E-state index in [0.29, 0.717) is 10.1 Å². The molecule has 0 aliphatic carbocycles. The molecule has 0 radical (unpaired) electrons. The topological polar surface area (TPSA) is 41.5 Å². The van der Waals surface area contributed by atoms with Crippen LogP contribution < -0.4 is 5.32 Å². The van der Waals surface area contributed by atoms with Crippen LogP contribution in [0.1, 0.15) is 16.7 Å². The van der Waals surface area contributed by atoms with Crippen LogP contribution in [0.3, 0.4) is 0 Å². The van der Waals surface area contributed by atoms with Gasteiger partial charge in [-0.25, -0.2) is 4.99 Å². The quantitative estimate of drug-likeness (QED) is 0.741.